The number of benzene rings is 1. The lowest BCUT2D eigenvalue weighted by Gasteiger charge is -2.10. The van der Waals surface area contributed by atoms with Crippen LogP contribution in [0.25, 0.3) is 0 Å². The summed E-state index contributed by atoms with van der Waals surface area (Å²) in [7, 11) is 0. The summed E-state index contributed by atoms with van der Waals surface area (Å²) in [6.07, 6.45) is -3.46. The maximum Gasteiger partial charge on any atom is 0.416 e. The van der Waals surface area contributed by atoms with E-state index in [1.54, 1.807) is 6.07 Å². The van der Waals surface area contributed by atoms with E-state index in [9.17, 15) is 13.2 Å². The molecule has 0 aromatic heterocycles. The minimum atomic E-state index is -4.23. The Morgan fingerprint density at radius 1 is 1.13 bits per heavy atom. The molecular weight excluding hydrogens is 201 g/mol. The van der Waals surface area contributed by atoms with E-state index in [-0.39, 0.29) is 0 Å². The summed E-state index contributed by atoms with van der Waals surface area (Å²) in [6, 6.07) is 4.26. The van der Waals surface area contributed by atoms with Crippen molar-refractivity contribution in [2.45, 2.75) is 40.3 Å². The second kappa shape index (κ2) is 5.79. The summed E-state index contributed by atoms with van der Waals surface area (Å²) in [5.74, 6) is 0. The van der Waals surface area contributed by atoms with E-state index in [0.717, 1.165) is 18.1 Å². The van der Waals surface area contributed by atoms with Crippen LogP contribution in [-0.4, -0.2) is 0 Å². The van der Waals surface area contributed by atoms with Crippen LogP contribution in [0.5, 0.6) is 0 Å². The number of aryl methyl sites for hydroxylation is 2. The van der Waals surface area contributed by atoms with Gasteiger partial charge in [0.1, 0.15) is 0 Å². The van der Waals surface area contributed by atoms with Crippen molar-refractivity contribution in [1.82, 2.24) is 0 Å². The first-order valence-electron chi connectivity index (χ1n) is 5.12. The molecule has 1 aromatic rings. The first-order valence-corrected chi connectivity index (χ1v) is 5.12. The fraction of sp³-hybridized carbons (Fsp3) is 0.500. The van der Waals surface area contributed by atoms with E-state index in [4.69, 9.17) is 0 Å². The summed E-state index contributed by atoms with van der Waals surface area (Å²) >= 11 is 0. The van der Waals surface area contributed by atoms with Crippen LogP contribution in [0.2, 0.25) is 0 Å². The molecule has 86 valence electrons. The average molecular weight is 218 g/mol. The van der Waals surface area contributed by atoms with Gasteiger partial charge in [-0.25, -0.2) is 0 Å². The Bertz CT molecular complexity index is 300. The third-order valence-electron chi connectivity index (χ3n) is 2.00. The molecule has 0 aliphatic carbocycles. The molecule has 0 nitrogen and oxygen atoms in total. The molecule has 0 bridgehead atoms. The summed E-state index contributed by atoms with van der Waals surface area (Å²) in [6.45, 7) is 7.41. The van der Waals surface area contributed by atoms with Crippen molar-refractivity contribution in [2.24, 2.45) is 0 Å². The van der Waals surface area contributed by atoms with E-state index >= 15 is 0 Å². The van der Waals surface area contributed by atoms with E-state index in [1.165, 1.54) is 13.0 Å². The monoisotopic (exact) mass is 218 g/mol. The van der Waals surface area contributed by atoms with Gasteiger partial charge < -0.3 is 0 Å². The molecule has 0 amide bonds. The van der Waals surface area contributed by atoms with Crippen LogP contribution in [0.1, 0.15) is 37.5 Å². The van der Waals surface area contributed by atoms with Crippen molar-refractivity contribution >= 4 is 0 Å². The molecule has 0 N–H and O–H groups in total. The van der Waals surface area contributed by atoms with Crippen LogP contribution >= 0.6 is 0 Å². The lowest BCUT2D eigenvalue weighted by Crippen LogP contribution is -2.07. The molecule has 1 rings (SSSR count). The van der Waals surface area contributed by atoms with E-state index in [1.807, 2.05) is 20.8 Å². The molecule has 1 aromatic carbocycles. The molecule has 3 heteroatoms. The van der Waals surface area contributed by atoms with E-state index < -0.39 is 11.7 Å². The number of halogens is 3. The zero-order valence-corrected chi connectivity index (χ0v) is 9.57. The highest BCUT2D eigenvalue weighted by molar-refractivity contribution is 5.32. The first kappa shape index (κ1) is 14.0. The lowest BCUT2D eigenvalue weighted by molar-refractivity contribution is -0.138. The van der Waals surface area contributed by atoms with Crippen LogP contribution in [0.4, 0.5) is 13.2 Å². The maximum absolute atomic E-state index is 12.3. The Balaban J connectivity index is 0.000000921. The first-order chi connectivity index (χ1) is 6.95. The van der Waals surface area contributed by atoms with Crippen molar-refractivity contribution < 1.29 is 13.2 Å². The molecule has 0 aliphatic rings. The van der Waals surface area contributed by atoms with Gasteiger partial charge in [-0.15, -0.1) is 0 Å². The van der Waals surface area contributed by atoms with Gasteiger partial charge in [0, 0.05) is 0 Å². The second-order valence-corrected chi connectivity index (χ2v) is 3.00. The Kier molecular flexibility index (Phi) is 5.40. The summed E-state index contributed by atoms with van der Waals surface area (Å²) < 4.78 is 36.9. The van der Waals surface area contributed by atoms with Crippen molar-refractivity contribution in [1.29, 1.82) is 0 Å². The number of hydrogen-bond acceptors (Lipinski definition) is 0. The molecule has 0 fully saturated rings. The molecule has 0 unspecified atom stereocenters. The highest BCUT2D eigenvalue weighted by Crippen LogP contribution is 2.31. The van der Waals surface area contributed by atoms with Crippen LogP contribution in [0, 0.1) is 6.92 Å². The van der Waals surface area contributed by atoms with Gasteiger partial charge in [-0.3, -0.25) is 0 Å². The lowest BCUT2D eigenvalue weighted by atomic mass is 10.0. The molecule has 0 saturated heterocycles. The van der Waals surface area contributed by atoms with Gasteiger partial charge in [-0.2, -0.15) is 13.2 Å². The smallest absolute Gasteiger partial charge is 0.166 e. The predicted molar refractivity (Wildman–Crippen MR) is 56.9 cm³/mol. The Morgan fingerprint density at radius 3 is 2.00 bits per heavy atom. The zero-order chi connectivity index (χ0) is 12.1. The molecular formula is C12H17F3. The summed E-state index contributed by atoms with van der Waals surface area (Å²) in [4.78, 5) is 0. The zero-order valence-electron chi connectivity index (χ0n) is 9.57. The molecule has 0 aliphatic heterocycles. The number of hydrogen-bond donors (Lipinski definition) is 0. The summed E-state index contributed by atoms with van der Waals surface area (Å²) in [5, 5.41) is 0. The highest BCUT2D eigenvalue weighted by atomic mass is 19.4. The molecule has 0 radical (unpaired) electrons. The number of rotatable bonds is 1. The van der Waals surface area contributed by atoms with Crippen molar-refractivity contribution in [2.75, 3.05) is 0 Å². The SMILES string of the molecule is CC.CCc1ccc(C(F)(F)F)c(C)c1. The molecule has 15 heavy (non-hydrogen) atoms. The van der Waals surface area contributed by atoms with Crippen LogP contribution in [-0.2, 0) is 12.6 Å². The van der Waals surface area contributed by atoms with Crippen LogP contribution < -0.4 is 0 Å². The Hall–Kier alpha value is -0.990. The fourth-order valence-corrected chi connectivity index (χ4v) is 1.26. The molecule has 0 heterocycles. The predicted octanol–water partition coefficient (Wildman–Crippen LogP) is 4.60. The normalized spacial score (nSPS) is 10.6. The van der Waals surface area contributed by atoms with E-state index in [2.05, 4.69) is 0 Å². The van der Waals surface area contributed by atoms with Crippen LogP contribution in [0.3, 0.4) is 0 Å². The van der Waals surface area contributed by atoms with Gasteiger partial charge in [0.25, 0.3) is 0 Å². The highest BCUT2D eigenvalue weighted by Gasteiger charge is 2.31. The standard InChI is InChI=1S/C10H11F3.C2H6/c1-3-8-4-5-9(7(2)6-8)10(11,12)13;1-2/h4-6H,3H2,1-2H3;1-2H3. The van der Waals surface area contributed by atoms with Crippen LogP contribution in [0.15, 0.2) is 18.2 Å². The third kappa shape index (κ3) is 3.94. The Labute approximate surface area is 89.1 Å². The minimum absolute atomic E-state index is 0.298. The molecule has 0 atom stereocenters. The van der Waals surface area contributed by atoms with Gasteiger partial charge in [-0.05, 0) is 30.5 Å². The van der Waals surface area contributed by atoms with Gasteiger partial charge in [0.2, 0.25) is 0 Å². The molecule has 0 saturated carbocycles. The van der Waals surface area contributed by atoms with Crippen molar-refractivity contribution in [3.05, 3.63) is 34.9 Å². The summed E-state index contributed by atoms with van der Waals surface area (Å²) in [5.41, 5.74) is 0.696. The van der Waals surface area contributed by atoms with Crippen molar-refractivity contribution in [3.63, 3.8) is 0 Å². The topological polar surface area (TPSA) is 0 Å². The second-order valence-electron chi connectivity index (χ2n) is 3.00. The quantitative estimate of drug-likeness (QED) is 0.646. The van der Waals surface area contributed by atoms with Gasteiger partial charge in [-0.1, -0.05) is 32.9 Å². The maximum atomic E-state index is 12.3. The molecule has 0 spiro atoms. The fourth-order valence-electron chi connectivity index (χ4n) is 1.26. The van der Waals surface area contributed by atoms with Gasteiger partial charge in [0.15, 0.2) is 0 Å². The average Bonchev–Trinajstić information content (AvgIpc) is 2.18. The van der Waals surface area contributed by atoms with E-state index in [0.29, 0.717) is 5.56 Å². The largest absolute Gasteiger partial charge is 0.416 e. The Morgan fingerprint density at radius 2 is 1.67 bits per heavy atom. The third-order valence-corrected chi connectivity index (χ3v) is 2.00. The minimum Gasteiger partial charge on any atom is -0.166 e. The van der Waals surface area contributed by atoms with Gasteiger partial charge >= 0.3 is 6.18 Å². The van der Waals surface area contributed by atoms with Gasteiger partial charge in [0.05, 0.1) is 5.56 Å². The van der Waals surface area contributed by atoms with Crippen molar-refractivity contribution in [3.8, 4) is 0 Å². The number of alkyl halides is 3.